The predicted octanol–water partition coefficient (Wildman–Crippen LogP) is 13.6. The lowest BCUT2D eigenvalue weighted by molar-refractivity contribution is -0.0522. The Labute approximate surface area is 391 Å². The van der Waals surface area contributed by atoms with Gasteiger partial charge in [0.2, 0.25) is 0 Å². The first kappa shape index (κ1) is 55.7. The smallest absolute Gasteiger partial charge is 0.485 e. The Hall–Kier alpha value is -4.58. The monoisotopic (exact) mass is 992 g/mol. The molecule has 0 spiro atoms. The van der Waals surface area contributed by atoms with Crippen molar-refractivity contribution < 1.29 is 52.3 Å². The largest absolute Gasteiger partial charge is 0.741 e. The summed E-state index contributed by atoms with van der Waals surface area (Å²) in [4.78, 5) is 8.21. The average molecular weight is 993 g/mol. The summed E-state index contributed by atoms with van der Waals surface area (Å²) in [6.07, 6.45) is 0. The van der Waals surface area contributed by atoms with E-state index in [0.717, 1.165) is 0 Å². The second-order valence-corrected chi connectivity index (χ2v) is 24.5. The second-order valence-electron chi connectivity index (χ2n) is 17.7. The zero-order valence-corrected chi connectivity index (χ0v) is 41.2. The molecule has 0 aromatic heterocycles. The summed E-state index contributed by atoms with van der Waals surface area (Å²) in [5.74, 6) is 0. The van der Waals surface area contributed by atoms with Crippen LogP contribution in [0.2, 0.25) is 0 Å². The molecular weight excluding hydrogens is 939 g/mol. The summed E-state index contributed by atoms with van der Waals surface area (Å²) in [7, 11) is -12.3. The third-order valence-corrected chi connectivity index (χ3v) is 15.0. The lowest BCUT2D eigenvalue weighted by Crippen LogP contribution is -2.21. The molecule has 0 saturated heterocycles. The van der Waals surface area contributed by atoms with E-state index in [9.17, 15) is 26.3 Å². The van der Waals surface area contributed by atoms with Crippen molar-refractivity contribution in [2.45, 2.75) is 119 Å². The van der Waals surface area contributed by atoms with Crippen LogP contribution in [0.4, 0.5) is 26.3 Å². The number of halogens is 6. The molecule has 356 valence electrons. The minimum atomic E-state index is -6.09. The van der Waals surface area contributed by atoms with E-state index in [2.05, 4.69) is 226 Å². The van der Waals surface area contributed by atoms with Crippen LogP contribution >= 0.6 is 0 Å². The summed E-state index contributed by atoms with van der Waals surface area (Å²) in [5.41, 5.74) is -6.65. The molecule has 0 saturated carbocycles. The van der Waals surface area contributed by atoms with E-state index in [1.54, 1.807) is 0 Å². The van der Waals surface area contributed by atoms with Crippen molar-refractivity contribution in [3.05, 3.63) is 180 Å². The average Bonchev–Trinajstić information content (AvgIpc) is 3.21. The SMILES string of the molecule is CC(C)(C)c1ccc([S+](c2ccc(C(C)(C)C)cc2)c2ccc(C(C)(C)C)cc2)cc1.O=S(=O)([O-])C(F)(F)F.O=S(=O)([O-])C(F)(F)F.c1ccc([S+](c2ccccc2)c2ccccc2)cc1. The fourth-order valence-electron chi connectivity index (χ4n) is 5.76. The van der Waals surface area contributed by atoms with Crippen molar-refractivity contribution in [3.63, 3.8) is 0 Å². The predicted molar refractivity (Wildman–Crippen MR) is 251 cm³/mol. The van der Waals surface area contributed by atoms with Crippen molar-refractivity contribution in [2.75, 3.05) is 0 Å². The van der Waals surface area contributed by atoms with Crippen LogP contribution in [-0.2, 0) is 58.3 Å². The van der Waals surface area contributed by atoms with Crippen LogP contribution in [0.25, 0.3) is 0 Å². The third kappa shape index (κ3) is 16.9. The van der Waals surface area contributed by atoms with Crippen LogP contribution in [0.3, 0.4) is 0 Å². The molecule has 0 atom stereocenters. The van der Waals surface area contributed by atoms with Crippen LogP contribution in [0.5, 0.6) is 0 Å². The quantitative estimate of drug-likeness (QED) is 0.0710. The molecule has 6 nitrogen and oxygen atoms in total. The van der Waals surface area contributed by atoms with Crippen LogP contribution in [0.1, 0.15) is 79.0 Å². The van der Waals surface area contributed by atoms with Crippen LogP contribution < -0.4 is 0 Å². The Bertz CT molecular complexity index is 2350. The van der Waals surface area contributed by atoms with Crippen LogP contribution in [0, 0.1) is 0 Å². The van der Waals surface area contributed by atoms with Gasteiger partial charge in [0, 0.05) is 0 Å². The summed E-state index contributed by atoms with van der Waals surface area (Å²) in [6.45, 7) is 20.5. The lowest BCUT2D eigenvalue weighted by Gasteiger charge is -2.21. The molecular formula is C50H54F6O6S4. The zero-order chi connectivity index (χ0) is 49.9. The van der Waals surface area contributed by atoms with Crippen molar-refractivity contribution in [3.8, 4) is 0 Å². The molecule has 0 radical (unpaired) electrons. The molecule has 16 heteroatoms. The number of rotatable bonds is 6. The summed E-state index contributed by atoms with van der Waals surface area (Å²) >= 11 is 0. The number of alkyl halides is 6. The highest BCUT2D eigenvalue weighted by molar-refractivity contribution is 7.97. The van der Waals surface area contributed by atoms with E-state index < -0.39 is 31.3 Å². The molecule has 66 heavy (non-hydrogen) atoms. The minimum absolute atomic E-state index is 0.0146. The number of hydrogen-bond donors (Lipinski definition) is 0. The normalized spacial score (nSPS) is 12.5. The van der Waals surface area contributed by atoms with Gasteiger partial charge in [-0.2, -0.15) is 26.3 Å². The van der Waals surface area contributed by atoms with Gasteiger partial charge in [-0.15, -0.1) is 0 Å². The van der Waals surface area contributed by atoms with E-state index in [4.69, 9.17) is 25.9 Å². The van der Waals surface area contributed by atoms with E-state index in [0.29, 0.717) is 0 Å². The highest BCUT2D eigenvalue weighted by Gasteiger charge is 2.38. The zero-order valence-electron chi connectivity index (χ0n) is 37.9. The Morgan fingerprint density at radius 3 is 0.606 bits per heavy atom. The first-order chi connectivity index (χ1) is 30.2. The molecule has 0 amide bonds. The number of hydrogen-bond acceptors (Lipinski definition) is 6. The van der Waals surface area contributed by atoms with E-state index in [-0.39, 0.29) is 38.0 Å². The summed E-state index contributed by atoms with van der Waals surface area (Å²) in [5, 5.41) is 0. The molecule has 0 unspecified atom stereocenters. The van der Waals surface area contributed by atoms with E-state index in [1.807, 2.05) is 0 Å². The number of benzene rings is 6. The van der Waals surface area contributed by atoms with Gasteiger partial charge in [0.15, 0.2) is 49.6 Å². The molecule has 0 bridgehead atoms. The van der Waals surface area contributed by atoms with Gasteiger partial charge in [0.25, 0.3) is 0 Å². The summed E-state index contributed by atoms with van der Waals surface area (Å²) < 4.78 is 118. The van der Waals surface area contributed by atoms with Gasteiger partial charge in [-0.25, -0.2) is 16.8 Å². The molecule has 0 aliphatic rings. The Morgan fingerprint density at radius 1 is 0.318 bits per heavy atom. The van der Waals surface area contributed by atoms with Gasteiger partial charge >= 0.3 is 11.0 Å². The van der Waals surface area contributed by atoms with Crippen molar-refractivity contribution in [1.82, 2.24) is 0 Å². The van der Waals surface area contributed by atoms with Crippen LogP contribution in [-0.4, -0.2) is 37.0 Å². The standard InChI is InChI=1S/C30H39S.C18H15S.2CHF3O3S/c1-28(2,3)22-10-16-25(17-11-22)31(26-18-12-23(13-19-26)29(4,5)6)27-20-14-24(15-21-27)30(7,8)9;1-4-10-16(11-5-1)19(17-12-6-2-7-13-17)18-14-8-3-9-15-18;2*2-1(3,4)8(5,6)7/h10-21H,1-9H3;1-15H;2*(H,5,6,7)/q2*+1;;/p-2. The maximum Gasteiger partial charge on any atom is 0.485 e. The van der Waals surface area contributed by atoms with Gasteiger partial charge in [-0.1, -0.05) is 153 Å². The Kier molecular flexibility index (Phi) is 19.0. The van der Waals surface area contributed by atoms with Gasteiger partial charge in [0.05, 0.1) is 21.8 Å². The lowest BCUT2D eigenvalue weighted by atomic mass is 9.87. The maximum atomic E-state index is 10.7. The van der Waals surface area contributed by atoms with Crippen molar-refractivity contribution >= 4 is 42.0 Å². The first-order valence-electron chi connectivity index (χ1n) is 20.2. The first-order valence-corrected chi connectivity index (χ1v) is 25.5. The Balaban J connectivity index is 0.000000277. The van der Waals surface area contributed by atoms with Gasteiger partial charge in [0.1, 0.15) is 0 Å². The fourth-order valence-corrected chi connectivity index (χ4v) is 9.90. The molecule has 0 fully saturated rings. The molecule has 6 rings (SSSR count). The van der Waals surface area contributed by atoms with Crippen molar-refractivity contribution in [2.24, 2.45) is 0 Å². The van der Waals surface area contributed by atoms with Crippen molar-refractivity contribution in [1.29, 1.82) is 0 Å². The highest BCUT2D eigenvalue weighted by Crippen LogP contribution is 2.36. The molecule has 0 N–H and O–H groups in total. The van der Waals surface area contributed by atoms with E-state index in [1.165, 1.54) is 46.1 Å². The molecule has 0 aliphatic carbocycles. The van der Waals surface area contributed by atoms with Gasteiger partial charge in [-0.3, -0.25) is 0 Å². The maximum absolute atomic E-state index is 10.7. The van der Waals surface area contributed by atoms with E-state index >= 15 is 0 Å². The third-order valence-electron chi connectivity index (χ3n) is 9.37. The molecule has 0 heterocycles. The van der Waals surface area contributed by atoms with Crippen LogP contribution in [0.15, 0.2) is 193 Å². The Morgan fingerprint density at radius 2 is 0.470 bits per heavy atom. The summed E-state index contributed by atoms with van der Waals surface area (Å²) in [6, 6.07) is 60.0. The fraction of sp³-hybridized carbons (Fsp3) is 0.280. The molecule has 6 aromatic carbocycles. The molecule has 6 aromatic rings. The minimum Gasteiger partial charge on any atom is -0.741 e. The topological polar surface area (TPSA) is 114 Å². The van der Waals surface area contributed by atoms with Gasteiger partial charge in [-0.05, 0) is 106 Å². The molecule has 0 aliphatic heterocycles. The van der Waals surface area contributed by atoms with Gasteiger partial charge < -0.3 is 9.11 Å². The highest BCUT2D eigenvalue weighted by atomic mass is 32.2. The second kappa shape index (κ2) is 22.5.